The second-order valence-corrected chi connectivity index (χ2v) is 10.2. The second kappa shape index (κ2) is 9.99. The minimum atomic E-state index is 0.259. The van der Waals surface area contributed by atoms with E-state index in [0.717, 1.165) is 34.3 Å². The van der Waals surface area contributed by atoms with Crippen molar-refractivity contribution in [2.45, 2.75) is 26.3 Å². The molecule has 6 rings (SSSR count). The van der Waals surface area contributed by atoms with Gasteiger partial charge >= 0.3 is 0 Å². The van der Waals surface area contributed by atoms with E-state index in [-0.39, 0.29) is 5.92 Å². The number of hydrogen-bond donors (Lipinski definition) is 1. The van der Waals surface area contributed by atoms with Gasteiger partial charge in [-0.15, -0.1) is 11.3 Å². The Labute approximate surface area is 220 Å². The molecule has 0 aliphatic carbocycles. The Balaban J connectivity index is 1.37. The SMILES string of the molecule is CC(C)c1nc(/C=N/Nc2nc(-c3ccccc3)cs2)cc2c3ccccc3n(Cc3ccccc3)c12. The van der Waals surface area contributed by atoms with Crippen molar-refractivity contribution >= 4 is 44.5 Å². The number of rotatable bonds is 7. The van der Waals surface area contributed by atoms with Crippen LogP contribution in [0.3, 0.4) is 0 Å². The largest absolute Gasteiger partial charge is 0.334 e. The number of hydrazone groups is 1. The molecule has 0 unspecified atom stereocenters. The Morgan fingerprint density at radius 3 is 2.41 bits per heavy atom. The van der Waals surface area contributed by atoms with Gasteiger partial charge in [0.1, 0.15) is 0 Å². The molecule has 0 fully saturated rings. The molecule has 0 bridgehead atoms. The summed E-state index contributed by atoms with van der Waals surface area (Å²) < 4.78 is 2.40. The molecule has 6 heteroatoms. The lowest BCUT2D eigenvalue weighted by Crippen LogP contribution is -2.05. The highest BCUT2D eigenvalue weighted by Gasteiger charge is 2.18. The van der Waals surface area contributed by atoms with Crippen molar-refractivity contribution in [2.24, 2.45) is 5.10 Å². The zero-order chi connectivity index (χ0) is 25.2. The molecule has 1 N–H and O–H groups in total. The minimum Gasteiger partial charge on any atom is -0.334 e. The molecule has 0 radical (unpaired) electrons. The molecule has 0 saturated carbocycles. The molecule has 0 saturated heterocycles. The van der Waals surface area contributed by atoms with Gasteiger partial charge in [0.15, 0.2) is 0 Å². The summed E-state index contributed by atoms with van der Waals surface area (Å²) in [6.07, 6.45) is 1.79. The van der Waals surface area contributed by atoms with Gasteiger partial charge in [-0.05, 0) is 23.6 Å². The molecule has 0 atom stereocenters. The first-order chi connectivity index (χ1) is 18.2. The molecule has 0 spiro atoms. The maximum absolute atomic E-state index is 5.05. The Morgan fingerprint density at radius 2 is 1.62 bits per heavy atom. The normalized spacial score (nSPS) is 11.8. The summed E-state index contributed by atoms with van der Waals surface area (Å²) in [4.78, 5) is 9.72. The van der Waals surface area contributed by atoms with Gasteiger partial charge < -0.3 is 4.57 Å². The van der Waals surface area contributed by atoms with Gasteiger partial charge in [-0.1, -0.05) is 92.7 Å². The lowest BCUT2D eigenvalue weighted by atomic mass is 10.0. The van der Waals surface area contributed by atoms with E-state index in [1.54, 1.807) is 6.21 Å². The molecule has 6 aromatic rings. The number of thiazole rings is 1. The summed E-state index contributed by atoms with van der Waals surface area (Å²) in [5.74, 6) is 0.259. The number of benzene rings is 3. The zero-order valence-corrected chi connectivity index (χ0v) is 21.6. The Kier molecular flexibility index (Phi) is 6.25. The van der Waals surface area contributed by atoms with Crippen LogP contribution in [0.2, 0.25) is 0 Å². The fourth-order valence-corrected chi connectivity index (χ4v) is 5.41. The quantitative estimate of drug-likeness (QED) is 0.178. The van der Waals surface area contributed by atoms with Crippen LogP contribution in [0, 0.1) is 0 Å². The van der Waals surface area contributed by atoms with Crippen LogP contribution in [0.4, 0.5) is 5.13 Å². The Morgan fingerprint density at radius 1 is 0.892 bits per heavy atom. The number of pyridine rings is 1. The summed E-state index contributed by atoms with van der Waals surface area (Å²) in [6.45, 7) is 5.20. The fraction of sp³-hybridized carbons (Fsp3) is 0.129. The van der Waals surface area contributed by atoms with Crippen molar-refractivity contribution < 1.29 is 0 Å². The first kappa shape index (κ1) is 23.1. The van der Waals surface area contributed by atoms with E-state index >= 15 is 0 Å². The van der Waals surface area contributed by atoms with Crippen LogP contribution in [0.25, 0.3) is 33.1 Å². The van der Waals surface area contributed by atoms with Gasteiger partial charge in [0, 0.05) is 33.8 Å². The van der Waals surface area contributed by atoms with E-state index < -0.39 is 0 Å². The molecule has 3 aromatic heterocycles. The number of nitrogens with zero attached hydrogens (tertiary/aromatic N) is 4. The predicted octanol–water partition coefficient (Wildman–Crippen LogP) is 7.93. The van der Waals surface area contributed by atoms with Crippen LogP contribution in [0.5, 0.6) is 0 Å². The predicted molar refractivity (Wildman–Crippen MR) is 156 cm³/mol. The number of para-hydroxylation sites is 1. The molecule has 0 aliphatic rings. The second-order valence-electron chi connectivity index (χ2n) is 9.35. The van der Waals surface area contributed by atoms with Gasteiger partial charge in [-0.25, -0.2) is 9.97 Å². The fourth-order valence-electron chi connectivity index (χ4n) is 4.74. The Bertz CT molecular complexity index is 1700. The summed E-state index contributed by atoms with van der Waals surface area (Å²) in [5.41, 5.74) is 10.7. The van der Waals surface area contributed by atoms with Gasteiger partial charge in [0.05, 0.1) is 28.8 Å². The van der Waals surface area contributed by atoms with E-state index in [0.29, 0.717) is 0 Å². The number of aromatic nitrogens is 3. The molecule has 182 valence electrons. The molecular formula is C31H27N5S. The van der Waals surface area contributed by atoms with E-state index in [9.17, 15) is 0 Å². The van der Waals surface area contributed by atoms with E-state index in [1.165, 1.54) is 38.7 Å². The first-order valence-corrected chi connectivity index (χ1v) is 13.3. The summed E-state index contributed by atoms with van der Waals surface area (Å²) in [6, 6.07) is 31.5. The molecule has 0 aliphatic heterocycles. The zero-order valence-electron chi connectivity index (χ0n) is 20.8. The van der Waals surface area contributed by atoms with Crippen molar-refractivity contribution in [3.63, 3.8) is 0 Å². The van der Waals surface area contributed by atoms with Crippen molar-refractivity contribution in [1.82, 2.24) is 14.5 Å². The Hall–Kier alpha value is -4.29. The van der Waals surface area contributed by atoms with Crippen LogP contribution in [0.1, 0.15) is 36.7 Å². The molecule has 0 amide bonds. The summed E-state index contributed by atoms with van der Waals surface area (Å²) in [7, 11) is 0. The van der Waals surface area contributed by atoms with Crippen molar-refractivity contribution in [3.8, 4) is 11.3 Å². The minimum absolute atomic E-state index is 0.259. The summed E-state index contributed by atoms with van der Waals surface area (Å²) in [5, 5.41) is 9.70. The van der Waals surface area contributed by atoms with Gasteiger partial charge in [0.25, 0.3) is 0 Å². The standard InChI is InChI=1S/C31H27N5S/c1-21(2)29-30-26(25-15-9-10-16-28(25)36(30)19-22-11-5-3-6-12-22)17-24(33-29)18-32-35-31-34-27(20-37-31)23-13-7-4-8-14-23/h3-18,20-21H,19H2,1-2H3,(H,34,35)/b32-18+. The number of anilines is 1. The molecule has 37 heavy (non-hydrogen) atoms. The molecule has 3 heterocycles. The van der Waals surface area contributed by atoms with Crippen LogP contribution >= 0.6 is 11.3 Å². The van der Waals surface area contributed by atoms with Gasteiger partial charge in [-0.2, -0.15) is 5.10 Å². The van der Waals surface area contributed by atoms with E-state index in [1.807, 2.05) is 23.6 Å². The van der Waals surface area contributed by atoms with Crippen molar-refractivity contribution in [2.75, 3.05) is 5.43 Å². The van der Waals surface area contributed by atoms with Crippen LogP contribution in [-0.4, -0.2) is 20.7 Å². The number of fused-ring (bicyclic) bond motifs is 3. The van der Waals surface area contributed by atoms with Gasteiger partial charge in [0.2, 0.25) is 5.13 Å². The van der Waals surface area contributed by atoms with Crippen LogP contribution < -0.4 is 5.43 Å². The van der Waals surface area contributed by atoms with Crippen molar-refractivity contribution in [3.05, 3.63) is 113 Å². The summed E-state index contributed by atoms with van der Waals surface area (Å²) >= 11 is 1.54. The first-order valence-electron chi connectivity index (χ1n) is 12.4. The highest BCUT2D eigenvalue weighted by Crippen LogP contribution is 2.34. The third kappa shape index (κ3) is 4.63. The molecule has 5 nitrogen and oxygen atoms in total. The van der Waals surface area contributed by atoms with Crippen LogP contribution in [0.15, 0.2) is 101 Å². The molecule has 3 aromatic carbocycles. The number of hydrogen-bond acceptors (Lipinski definition) is 5. The third-order valence-corrected chi connectivity index (χ3v) is 7.20. The monoisotopic (exact) mass is 501 g/mol. The van der Waals surface area contributed by atoms with E-state index in [4.69, 9.17) is 4.98 Å². The third-order valence-electron chi connectivity index (χ3n) is 6.46. The maximum Gasteiger partial charge on any atom is 0.203 e. The average molecular weight is 502 g/mol. The topological polar surface area (TPSA) is 55.1 Å². The highest BCUT2D eigenvalue weighted by molar-refractivity contribution is 7.14. The number of nitrogens with one attached hydrogen (secondary N) is 1. The smallest absolute Gasteiger partial charge is 0.203 e. The van der Waals surface area contributed by atoms with Crippen molar-refractivity contribution in [1.29, 1.82) is 0 Å². The van der Waals surface area contributed by atoms with E-state index in [2.05, 4.69) is 107 Å². The average Bonchev–Trinajstić information content (AvgIpc) is 3.53. The molecular weight excluding hydrogens is 474 g/mol. The lowest BCUT2D eigenvalue weighted by molar-refractivity contribution is 0.801. The maximum atomic E-state index is 5.05. The highest BCUT2D eigenvalue weighted by atomic mass is 32.1. The van der Waals surface area contributed by atoms with Crippen LogP contribution in [-0.2, 0) is 6.54 Å². The van der Waals surface area contributed by atoms with Gasteiger partial charge in [-0.3, -0.25) is 5.43 Å². The lowest BCUT2D eigenvalue weighted by Gasteiger charge is -2.13.